The average Bonchev–Trinajstić information content (AvgIpc) is 2.87. The van der Waals surface area contributed by atoms with Crippen LogP contribution in [0.5, 0.6) is 0 Å². The van der Waals surface area contributed by atoms with E-state index in [2.05, 4.69) is 38.1 Å². The Morgan fingerprint density at radius 1 is 0.500 bits per heavy atom. The Balaban J connectivity index is 1.72. The quantitative estimate of drug-likeness (QED) is 0.209. The van der Waals surface area contributed by atoms with Gasteiger partial charge in [0.15, 0.2) is 11.6 Å². The highest BCUT2D eigenvalue weighted by atomic mass is 19.2. The van der Waals surface area contributed by atoms with Crippen molar-refractivity contribution in [3.63, 3.8) is 0 Å². The van der Waals surface area contributed by atoms with E-state index in [4.69, 9.17) is 0 Å². The molecule has 0 saturated heterocycles. The summed E-state index contributed by atoms with van der Waals surface area (Å²) >= 11 is 0. The van der Waals surface area contributed by atoms with Crippen LogP contribution >= 0.6 is 0 Å². The van der Waals surface area contributed by atoms with Crippen LogP contribution in [0, 0.1) is 11.6 Å². The van der Waals surface area contributed by atoms with Gasteiger partial charge in [-0.1, -0.05) is 126 Å². The second-order valence-electron chi connectivity index (χ2n) is 9.47. The molecule has 182 valence electrons. The van der Waals surface area contributed by atoms with Crippen molar-refractivity contribution in [2.24, 2.45) is 0 Å². The van der Waals surface area contributed by atoms with Crippen molar-refractivity contribution in [1.29, 1.82) is 0 Å². The lowest BCUT2D eigenvalue weighted by atomic mass is 9.92. The number of unbranched alkanes of at least 4 members (excludes halogenated alkanes) is 8. The monoisotopic (exact) mass is 462 g/mol. The lowest BCUT2D eigenvalue weighted by Crippen LogP contribution is -1.99. The fraction of sp³-hybridized carbons (Fsp3) is 0.438. The highest BCUT2D eigenvalue weighted by Crippen LogP contribution is 2.35. The average molecular weight is 463 g/mol. The van der Waals surface area contributed by atoms with Gasteiger partial charge in [0.25, 0.3) is 0 Å². The van der Waals surface area contributed by atoms with Crippen molar-refractivity contribution in [2.45, 2.75) is 90.9 Å². The molecule has 3 rings (SSSR count). The van der Waals surface area contributed by atoms with Crippen molar-refractivity contribution in [2.75, 3.05) is 0 Å². The number of hydrogen-bond donors (Lipinski definition) is 0. The molecule has 0 heterocycles. The Bertz CT molecular complexity index is 1000. The van der Waals surface area contributed by atoms with E-state index in [0.717, 1.165) is 36.0 Å². The Labute approximate surface area is 205 Å². The van der Waals surface area contributed by atoms with Gasteiger partial charge in [-0.05, 0) is 53.5 Å². The van der Waals surface area contributed by atoms with Crippen molar-refractivity contribution >= 4 is 0 Å². The van der Waals surface area contributed by atoms with Crippen LogP contribution in [0.1, 0.15) is 89.2 Å². The molecule has 2 heteroatoms. The third-order valence-corrected chi connectivity index (χ3v) is 6.76. The van der Waals surface area contributed by atoms with Gasteiger partial charge in [0.2, 0.25) is 0 Å². The summed E-state index contributed by atoms with van der Waals surface area (Å²) in [4.78, 5) is 0. The van der Waals surface area contributed by atoms with Crippen molar-refractivity contribution in [3.05, 3.63) is 83.4 Å². The summed E-state index contributed by atoms with van der Waals surface area (Å²) in [7, 11) is 0. The second-order valence-corrected chi connectivity index (χ2v) is 9.47. The SMILES string of the molecule is CCCCCCCCCc1ccc(-c2ccccc2-c2ccc(CCCCC)cc2)c(F)c1F. The molecule has 0 bridgehead atoms. The molecule has 0 saturated carbocycles. The van der Waals surface area contributed by atoms with E-state index in [1.54, 1.807) is 12.1 Å². The van der Waals surface area contributed by atoms with E-state index < -0.39 is 11.6 Å². The molecular formula is C32H40F2. The first-order valence-electron chi connectivity index (χ1n) is 13.3. The lowest BCUT2D eigenvalue weighted by Gasteiger charge is -2.14. The predicted molar refractivity (Wildman–Crippen MR) is 142 cm³/mol. The van der Waals surface area contributed by atoms with Crippen LogP contribution in [0.2, 0.25) is 0 Å². The molecule has 0 amide bonds. The van der Waals surface area contributed by atoms with E-state index in [0.29, 0.717) is 17.5 Å². The highest BCUT2D eigenvalue weighted by molar-refractivity contribution is 5.83. The summed E-state index contributed by atoms with van der Waals surface area (Å²) in [5, 5.41) is 0. The number of rotatable bonds is 14. The van der Waals surface area contributed by atoms with Gasteiger partial charge in [0, 0.05) is 5.56 Å². The molecule has 3 aromatic carbocycles. The molecule has 0 aromatic heterocycles. The van der Waals surface area contributed by atoms with Crippen LogP contribution in [-0.2, 0) is 12.8 Å². The molecule has 0 N–H and O–H groups in total. The van der Waals surface area contributed by atoms with Gasteiger partial charge in [-0.25, -0.2) is 8.78 Å². The van der Waals surface area contributed by atoms with Crippen molar-refractivity contribution < 1.29 is 8.78 Å². The van der Waals surface area contributed by atoms with Crippen molar-refractivity contribution in [3.8, 4) is 22.3 Å². The summed E-state index contributed by atoms with van der Waals surface area (Å²) < 4.78 is 30.2. The van der Waals surface area contributed by atoms with Crippen LogP contribution < -0.4 is 0 Å². The fourth-order valence-corrected chi connectivity index (χ4v) is 4.66. The maximum Gasteiger partial charge on any atom is 0.166 e. The Kier molecular flexibility index (Phi) is 10.8. The minimum Gasteiger partial charge on any atom is -0.203 e. The molecule has 0 unspecified atom stereocenters. The summed E-state index contributed by atoms with van der Waals surface area (Å²) in [6, 6.07) is 19.8. The third-order valence-electron chi connectivity index (χ3n) is 6.76. The highest BCUT2D eigenvalue weighted by Gasteiger charge is 2.17. The lowest BCUT2D eigenvalue weighted by molar-refractivity contribution is 0.497. The van der Waals surface area contributed by atoms with Gasteiger partial charge in [-0.3, -0.25) is 0 Å². The standard InChI is InChI=1S/C32H40F2/c1-3-5-7-8-9-10-12-16-27-23-24-30(32(34)31(27)33)29-18-14-13-17-28(29)26-21-19-25(20-22-26)15-11-6-4-2/h13-14,17-24H,3-12,15-16H2,1-2H3. The van der Waals surface area contributed by atoms with E-state index >= 15 is 4.39 Å². The van der Waals surface area contributed by atoms with Crippen LogP contribution in [0.15, 0.2) is 60.7 Å². The molecule has 0 aliphatic rings. The summed E-state index contributed by atoms with van der Waals surface area (Å²) in [5.74, 6) is -1.42. The van der Waals surface area contributed by atoms with E-state index in [9.17, 15) is 4.39 Å². The first-order chi connectivity index (χ1) is 16.7. The van der Waals surface area contributed by atoms with Gasteiger partial charge in [-0.2, -0.15) is 0 Å². The zero-order valence-electron chi connectivity index (χ0n) is 21.0. The van der Waals surface area contributed by atoms with Gasteiger partial charge < -0.3 is 0 Å². The first-order valence-corrected chi connectivity index (χ1v) is 13.3. The molecule has 0 aliphatic carbocycles. The Hall–Kier alpha value is -2.48. The van der Waals surface area contributed by atoms with Crippen LogP contribution in [0.25, 0.3) is 22.3 Å². The van der Waals surface area contributed by atoms with E-state index in [1.807, 2.05) is 24.3 Å². The molecule has 0 radical (unpaired) electrons. The van der Waals surface area contributed by atoms with Crippen LogP contribution in [-0.4, -0.2) is 0 Å². The molecule has 0 fully saturated rings. The van der Waals surface area contributed by atoms with Gasteiger partial charge in [0.1, 0.15) is 0 Å². The predicted octanol–water partition coefficient (Wildman–Crippen LogP) is 10.3. The summed E-state index contributed by atoms with van der Waals surface area (Å²) in [5.41, 5.74) is 4.84. The maximum atomic E-state index is 15.2. The summed E-state index contributed by atoms with van der Waals surface area (Å²) in [6.07, 6.45) is 13.5. The molecule has 0 aliphatic heterocycles. The minimum atomic E-state index is -0.732. The smallest absolute Gasteiger partial charge is 0.166 e. The molecule has 34 heavy (non-hydrogen) atoms. The third kappa shape index (κ3) is 7.26. The zero-order valence-corrected chi connectivity index (χ0v) is 21.0. The topological polar surface area (TPSA) is 0 Å². The fourth-order valence-electron chi connectivity index (χ4n) is 4.66. The Morgan fingerprint density at radius 2 is 1.09 bits per heavy atom. The maximum absolute atomic E-state index is 15.2. The number of hydrogen-bond acceptors (Lipinski definition) is 0. The molecule has 3 aromatic rings. The number of benzene rings is 3. The summed E-state index contributed by atoms with van der Waals surface area (Å²) in [6.45, 7) is 4.43. The van der Waals surface area contributed by atoms with Gasteiger partial charge >= 0.3 is 0 Å². The molecular weight excluding hydrogens is 422 g/mol. The molecule has 0 spiro atoms. The van der Waals surface area contributed by atoms with Gasteiger partial charge in [-0.15, -0.1) is 0 Å². The van der Waals surface area contributed by atoms with Gasteiger partial charge in [0.05, 0.1) is 0 Å². The normalized spacial score (nSPS) is 11.2. The second kappa shape index (κ2) is 14.0. The number of aryl methyl sites for hydroxylation is 2. The van der Waals surface area contributed by atoms with Crippen LogP contribution in [0.4, 0.5) is 8.78 Å². The molecule has 0 nitrogen and oxygen atoms in total. The zero-order chi connectivity index (χ0) is 24.2. The first kappa shape index (κ1) is 26.1. The number of halogens is 2. The largest absolute Gasteiger partial charge is 0.203 e. The van der Waals surface area contributed by atoms with E-state index in [1.165, 1.54) is 56.9 Å². The van der Waals surface area contributed by atoms with Crippen LogP contribution in [0.3, 0.4) is 0 Å². The van der Waals surface area contributed by atoms with Crippen molar-refractivity contribution in [1.82, 2.24) is 0 Å². The Morgan fingerprint density at radius 3 is 1.79 bits per heavy atom. The minimum absolute atomic E-state index is 0.337. The molecule has 0 atom stereocenters. The van der Waals surface area contributed by atoms with E-state index in [-0.39, 0.29) is 0 Å².